The van der Waals surface area contributed by atoms with Crippen molar-refractivity contribution in [3.8, 4) is 5.69 Å². The van der Waals surface area contributed by atoms with Crippen molar-refractivity contribution >= 4 is 17.6 Å². The number of ether oxygens (including phenoxy) is 1. The first kappa shape index (κ1) is 19.3. The molecule has 3 rings (SSSR count). The van der Waals surface area contributed by atoms with E-state index in [-0.39, 0.29) is 6.61 Å². The Bertz CT molecular complexity index is 1030. The first-order chi connectivity index (χ1) is 13.3. The number of rotatable bonds is 5. The molecular weight excluding hydrogens is 358 g/mol. The maximum atomic E-state index is 12.6. The Morgan fingerprint density at radius 3 is 2.29 bits per heavy atom. The van der Waals surface area contributed by atoms with E-state index in [0.29, 0.717) is 28.3 Å². The zero-order chi connectivity index (χ0) is 20.4. The molecule has 0 aliphatic heterocycles. The van der Waals surface area contributed by atoms with Crippen molar-refractivity contribution in [3.05, 3.63) is 58.7 Å². The Hall–Kier alpha value is -3.42. The summed E-state index contributed by atoms with van der Waals surface area (Å²) in [5.74, 6) is -0.995. The zero-order valence-electron chi connectivity index (χ0n) is 16.6. The van der Waals surface area contributed by atoms with E-state index in [9.17, 15) is 9.59 Å². The highest BCUT2D eigenvalue weighted by atomic mass is 16.5. The molecule has 0 bridgehead atoms. The number of nitrogens with zero attached hydrogens (tertiary/aromatic N) is 4. The summed E-state index contributed by atoms with van der Waals surface area (Å²) in [5, 5.41) is 11.4. The van der Waals surface area contributed by atoms with Gasteiger partial charge in [-0.25, -0.2) is 9.48 Å². The number of aromatic nitrogens is 4. The second-order valence-electron chi connectivity index (χ2n) is 6.59. The van der Waals surface area contributed by atoms with Gasteiger partial charge < -0.3 is 10.1 Å². The van der Waals surface area contributed by atoms with Gasteiger partial charge in [0.25, 0.3) is 5.91 Å². The van der Waals surface area contributed by atoms with Gasteiger partial charge in [-0.15, -0.1) is 0 Å². The first-order valence-electron chi connectivity index (χ1n) is 8.88. The van der Waals surface area contributed by atoms with Gasteiger partial charge in [-0.3, -0.25) is 9.48 Å². The van der Waals surface area contributed by atoms with E-state index in [1.54, 1.807) is 37.2 Å². The largest absolute Gasteiger partial charge is 0.452 e. The molecule has 8 nitrogen and oxygen atoms in total. The van der Waals surface area contributed by atoms with Crippen LogP contribution in [0.1, 0.15) is 33.1 Å². The van der Waals surface area contributed by atoms with E-state index >= 15 is 0 Å². The van der Waals surface area contributed by atoms with Crippen LogP contribution in [0.3, 0.4) is 0 Å². The molecule has 0 fully saturated rings. The Labute approximate surface area is 163 Å². The molecule has 1 aromatic carbocycles. The number of para-hydroxylation sites is 1. The summed E-state index contributed by atoms with van der Waals surface area (Å²) in [6.07, 6.45) is 0. The number of anilines is 1. The van der Waals surface area contributed by atoms with E-state index < -0.39 is 11.9 Å². The van der Waals surface area contributed by atoms with Gasteiger partial charge in [-0.1, -0.05) is 18.2 Å². The van der Waals surface area contributed by atoms with Gasteiger partial charge in [0, 0.05) is 7.05 Å². The molecule has 146 valence electrons. The predicted octanol–water partition coefficient (Wildman–Crippen LogP) is 2.63. The Morgan fingerprint density at radius 1 is 1.00 bits per heavy atom. The molecule has 0 saturated carbocycles. The lowest BCUT2D eigenvalue weighted by molar-refractivity contribution is -0.119. The molecule has 0 atom stereocenters. The number of carbonyl (C=O) groups is 2. The topological polar surface area (TPSA) is 91.0 Å². The average molecular weight is 381 g/mol. The molecule has 0 saturated heterocycles. The summed E-state index contributed by atoms with van der Waals surface area (Å²) in [5.41, 5.74) is 4.59. The normalized spacial score (nSPS) is 10.8. The lowest BCUT2D eigenvalue weighted by atomic mass is 10.2. The fourth-order valence-corrected chi connectivity index (χ4v) is 3.09. The van der Waals surface area contributed by atoms with E-state index in [4.69, 9.17) is 4.74 Å². The minimum Gasteiger partial charge on any atom is -0.452 e. The van der Waals surface area contributed by atoms with Gasteiger partial charge in [0.15, 0.2) is 6.61 Å². The molecule has 2 aromatic heterocycles. The van der Waals surface area contributed by atoms with E-state index in [1.807, 2.05) is 37.3 Å². The monoisotopic (exact) mass is 381 g/mol. The summed E-state index contributed by atoms with van der Waals surface area (Å²) in [6.45, 7) is 6.81. The molecule has 0 aliphatic carbocycles. The third-order valence-electron chi connectivity index (χ3n) is 4.60. The van der Waals surface area contributed by atoms with Crippen LogP contribution in [0.4, 0.5) is 5.69 Å². The highest BCUT2D eigenvalue weighted by Crippen LogP contribution is 2.20. The second-order valence-corrected chi connectivity index (χ2v) is 6.59. The van der Waals surface area contributed by atoms with Crippen LogP contribution in [0, 0.1) is 27.7 Å². The molecule has 0 unspecified atom stereocenters. The lowest BCUT2D eigenvalue weighted by Crippen LogP contribution is -2.22. The molecule has 0 spiro atoms. The summed E-state index contributed by atoms with van der Waals surface area (Å²) >= 11 is 0. The van der Waals surface area contributed by atoms with Crippen LogP contribution in [-0.2, 0) is 16.6 Å². The quantitative estimate of drug-likeness (QED) is 0.686. The van der Waals surface area contributed by atoms with Gasteiger partial charge in [-0.05, 0) is 39.8 Å². The molecule has 0 radical (unpaired) electrons. The molecule has 1 amide bonds. The van der Waals surface area contributed by atoms with Gasteiger partial charge in [0.05, 0.1) is 34.2 Å². The minimum atomic E-state index is -0.577. The minimum absolute atomic E-state index is 0.366. The third-order valence-corrected chi connectivity index (χ3v) is 4.60. The maximum absolute atomic E-state index is 12.6. The van der Waals surface area contributed by atoms with Crippen molar-refractivity contribution in [2.75, 3.05) is 11.9 Å². The maximum Gasteiger partial charge on any atom is 0.342 e. The van der Waals surface area contributed by atoms with Crippen LogP contribution >= 0.6 is 0 Å². The second kappa shape index (κ2) is 7.67. The van der Waals surface area contributed by atoms with Crippen LogP contribution in [0.5, 0.6) is 0 Å². The number of esters is 1. The van der Waals surface area contributed by atoms with Crippen LogP contribution in [-0.4, -0.2) is 38.0 Å². The van der Waals surface area contributed by atoms with Gasteiger partial charge in [0.2, 0.25) is 0 Å². The Morgan fingerprint density at radius 2 is 1.68 bits per heavy atom. The molecule has 8 heteroatoms. The number of amides is 1. The van der Waals surface area contributed by atoms with Crippen molar-refractivity contribution in [2.24, 2.45) is 7.05 Å². The van der Waals surface area contributed by atoms with Gasteiger partial charge in [-0.2, -0.15) is 10.2 Å². The van der Waals surface area contributed by atoms with Crippen molar-refractivity contribution in [2.45, 2.75) is 27.7 Å². The molecule has 1 N–H and O–H groups in total. The molecular formula is C20H23N5O3. The third kappa shape index (κ3) is 3.66. The van der Waals surface area contributed by atoms with E-state index in [2.05, 4.69) is 15.5 Å². The number of hydrogen-bond acceptors (Lipinski definition) is 5. The number of nitrogens with one attached hydrogen (secondary N) is 1. The number of aryl methyl sites for hydroxylation is 3. The van der Waals surface area contributed by atoms with Crippen molar-refractivity contribution in [1.29, 1.82) is 0 Å². The van der Waals surface area contributed by atoms with E-state index in [0.717, 1.165) is 11.4 Å². The predicted molar refractivity (Wildman–Crippen MR) is 105 cm³/mol. The Kier molecular flexibility index (Phi) is 5.30. The first-order valence-corrected chi connectivity index (χ1v) is 8.88. The molecule has 0 aliphatic rings. The Balaban J connectivity index is 1.70. The van der Waals surface area contributed by atoms with Crippen LogP contribution < -0.4 is 5.32 Å². The number of hydrogen-bond donors (Lipinski definition) is 1. The highest BCUT2D eigenvalue weighted by Gasteiger charge is 2.22. The van der Waals surface area contributed by atoms with E-state index in [1.165, 1.54) is 0 Å². The fraction of sp³-hybridized carbons (Fsp3) is 0.300. The summed E-state index contributed by atoms with van der Waals surface area (Å²) in [6, 6.07) is 9.52. The average Bonchev–Trinajstić information content (AvgIpc) is 3.10. The molecule has 3 aromatic rings. The summed E-state index contributed by atoms with van der Waals surface area (Å²) < 4.78 is 8.60. The van der Waals surface area contributed by atoms with Crippen molar-refractivity contribution < 1.29 is 14.3 Å². The fourth-order valence-electron chi connectivity index (χ4n) is 3.09. The SMILES string of the molecule is Cc1nn(C)c(C)c1NC(=O)COC(=O)c1c(C)nn(-c2ccccc2)c1C. The number of benzene rings is 1. The van der Waals surface area contributed by atoms with Gasteiger partial charge in [0.1, 0.15) is 5.56 Å². The number of carbonyl (C=O) groups excluding carboxylic acids is 2. The van der Waals surface area contributed by atoms with Gasteiger partial charge >= 0.3 is 5.97 Å². The van der Waals surface area contributed by atoms with Crippen LogP contribution in [0.15, 0.2) is 30.3 Å². The van der Waals surface area contributed by atoms with Crippen molar-refractivity contribution in [3.63, 3.8) is 0 Å². The molecule has 2 heterocycles. The van der Waals surface area contributed by atoms with Crippen molar-refractivity contribution in [1.82, 2.24) is 19.6 Å². The van der Waals surface area contributed by atoms with Crippen LogP contribution in [0.2, 0.25) is 0 Å². The standard InChI is InChI=1S/C20H23N5O3/c1-12-18(14(3)25(23-12)16-9-7-6-8-10-16)20(27)28-11-17(26)21-19-13(2)22-24(5)15(19)4/h6-10H,11H2,1-5H3,(H,21,26). The summed E-state index contributed by atoms with van der Waals surface area (Å²) in [4.78, 5) is 24.8. The highest BCUT2D eigenvalue weighted by molar-refractivity contribution is 5.97. The zero-order valence-corrected chi connectivity index (χ0v) is 16.6. The summed E-state index contributed by atoms with van der Waals surface area (Å²) in [7, 11) is 1.80. The molecule has 28 heavy (non-hydrogen) atoms. The lowest BCUT2D eigenvalue weighted by Gasteiger charge is -2.08. The van der Waals surface area contributed by atoms with Crippen LogP contribution in [0.25, 0.3) is 5.69 Å². The smallest absolute Gasteiger partial charge is 0.342 e.